The lowest BCUT2D eigenvalue weighted by Gasteiger charge is -2.30. The fourth-order valence-corrected chi connectivity index (χ4v) is 3.12. The van der Waals surface area contributed by atoms with Crippen molar-refractivity contribution in [1.29, 1.82) is 0 Å². The summed E-state index contributed by atoms with van der Waals surface area (Å²) in [6, 6.07) is 5.18. The van der Waals surface area contributed by atoms with Crippen molar-refractivity contribution < 1.29 is 9.90 Å². The van der Waals surface area contributed by atoms with E-state index in [0.29, 0.717) is 11.3 Å². The molecule has 0 saturated carbocycles. The Morgan fingerprint density at radius 3 is 2.53 bits per heavy atom. The summed E-state index contributed by atoms with van der Waals surface area (Å²) in [7, 11) is 0. The normalized spacial score (nSPS) is 11.4. The van der Waals surface area contributed by atoms with Crippen molar-refractivity contribution in [3.05, 3.63) is 28.2 Å². The molecule has 0 fully saturated rings. The SMILES string of the molecule is CCC(CC)(CNc1cc(Br)ccc1C(=O)O)SC. The van der Waals surface area contributed by atoms with Gasteiger partial charge in [0.2, 0.25) is 0 Å². The zero-order valence-corrected chi connectivity index (χ0v) is 13.9. The van der Waals surface area contributed by atoms with Crippen LogP contribution in [0.1, 0.15) is 37.0 Å². The van der Waals surface area contributed by atoms with Gasteiger partial charge in [-0.2, -0.15) is 11.8 Å². The van der Waals surface area contributed by atoms with Gasteiger partial charge in [0, 0.05) is 21.5 Å². The molecule has 0 amide bonds. The standard InChI is InChI=1S/C14H20BrNO2S/c1-4-14(5-2,19-3)9-16-12-8-10(15)6-7-11(12)13(17)18/h6-8,16H,4-5,9H2,1-3H3,(H,17,18). The van der Waals surface area contributed by atoms with Gasteiger partial charge in [0.25, 0.3) is 0 Å². The van der Waals surface area contributed by atoms with Crippen LogP contribution < -0.4 is 5.32 Å². The molecular formula is C14H20BrNO2S. The maximum Gasteiger partial charge on any atom is 0.337 e. The Kier molecular flexibility index (Phi) is 6.20. The zero-order chi connectivity index (χ0) is 14.5. The quantitative estimate of drug-likeness (QED) is 0.764. The third-order valence-corrected chi connectivity index (χ3v) is 5.62. The van der Waals surface area contributed by atoms with Crippen LogP contribution in [0.3, 0.4) is 0 Å². The number of benzene rings is 1. The fourth-order valence-electron chi connectivity index (χ4n) is 1.97. The fraction of sp³-hybridized carbons (Fsp3) is 0.500. The molecule has 0 aliphatic carbocycles. The van der Waals surface area contributed by atoms with E-state index >= 15 is 0 Å². The van der Waals surface area contributed by atoms with Crippen LogP contribution in [0.4, 0.5) is 5.69 Å². The van der Waals surface area contributed by atoms with Crippen molar-refractivity contribution in [3.8, 4) is 0 Å². The number of carboxylic acids is 1. The van der Waals surface area contributed by atoms with E-state index in [9.17, 15) is 9.90 Å². The Hall–Kier alpha value is -0.680. The highest BCUT2D eigenvalue weighted by atomic mass is 79.9. The Bertz CT molecular complexity index is 439. The van der Waals surface area contributed by atoms with Gasteiger partial charge < -0.3 is 10.4 Å². The summed E-state index contributed by atoms with van der Waals surface area (Å²) >= 11 is 5.21. The number of halogens is 1. The number of hydrogen-bond acceptors (Lipinski definition) is 3. The van der Waals surface area contributed by atoms with E-state index in [-0.39, 0.29) is 4.75 Å². The number of aromatic carboxylic acids is 1. The Balaban J connectivity index is 2.93. The zero-order valence-electron chi connectivity index (χ0n) is 11.5. The molecule has 0 aliphatic heterocycles. The van der Waals surface area contributed by atoms with E-state index in [0.717, 1.165) is 23.9 Å². The molecule has 0 atom stereocenters. The van der Waals surface area contributed by atoms with Crippen LogP contribution in [-0.4, -0.2) is 28.6 Å². The lowest BCUT2D eigenvalue weighted by molar-refractivity contribution is 0.0698. The maximum absolute atomic E-state index is 11.2. The molecule has 0 unspecified atom stereocenters. The van der Waals surface area contributed by atoms with Crippen LogP contribution in [-0.2, 0) is 0 Å². The van der Waals surface area contributed by atoms with Crippen molar-refractivity contribution in [2.45, 2.75) is 31.4 Å². The smallest absolute Gasteiger partial charge is 0.337 e. The van der Waals surface area contributed by atoms with Crippen LogP contribution in [0, 0.1) is 0 Å². The first-order chi connectivity index (χ1) is 8.98. The number of anilines is 1. The Morgan fingerprint density at radius 1 is 1.42 bits per heavy atom. The average Bonchev–Trinajstić information content (AvgIpc) is 2.40. The van der Waals surface area contributed by atoms with E-state index in [1.165, 1.54) is 0 Å². The highest BCUT2D eigenvalue weighted by molar-refractivity contribution is 9.10. The summed E-state index contributed by atoms with van der Waals surface area (Å²) in [6.45, 7) is 5.10. The van der Waals surface area contributed by atoms with Crippen LogP contribution in [0.15, 0.2) is 22.7 Å². The topological polar surface area (TPSA) is 49.3 Å². The largest absolute Gasteiger partial charge is 0.478 e. The molecule has 0 heterocycles. The van der Waals surface area contributed by atoms with Gasteiger partial charge in [-0.05, 0) is 37.3 Å². The highest BCUT2D eigenvalue weighted by Gasteiger charge is 2.25. The van der Waals surface area contributed by atoms with Crippen LogP contribution in [0.5, 0.6) is 0 Å². The van der Waals surface area contributed by atoms with E-state index in [1.54, 1.807) is 12.1 Å². The summed E-state index contributed by atoms with van der Waals surface area (Å²) in [5, 5.41) is 12.5. The lowest BCUT2D eigenvalue weighted by Crippen LogP contribution is -2.32. The summed E-state index contributed by atoms with van der Waals surface area (Å²) in [4.78, 5) is 11.2. The predicted octanol–water partition coefficient (Wildman–Crippen LogP) is 4.48. The number of thioether (sulfide) groups is 1. The lowest BCUT2D eigenvalue weighted by atomic mass is 10.0. The molecule has 0 saturated heterocycles. The van der Waals surface area contributed by atoms with Crippen molar-refractivity contribution >= 4 is 39.3 Å². The van der Waals surface area contributed by atoms with Gasteiger partial charge in [0.05, 0.1) is 5.56 Å². The van der Waals surface area contributed by atoms with Crippen molar-refractivity contribution in [1.82, 2.24) is 0 Å². The first kappa shape index (κ1) is 16.4. The van der Waals surface area contributed by atoms with Crippen molar-refractivity contribution in [2.24, 2.45) is 0 Å². The minimum absolute atomic E-state index is 0.151. The molecular weight excluding hydrogens is 326 g/mol. The Labute approximate surface area is 127 Å². The first-order valence-corrected chi connectivity index (χ1v) is 8.31. The number of carbonyl (C=O) groups is 1. The van der Waals surface area contributed by atoms with Crippen molar-refractivity contribution in [3.63, 3.8) is 0 Å². The molecule has 0 bridgehead atoms. The number of rotatable bonds is 7. The molecule has 2 N–H and O–H groups in total. The van der Waals surface area contributed by atoms with Crippen LogP contribution >= 0.6 is 27.7 Å². The summed E-state index contributed by atoms with van der Waals surface area (Å²) in [6.07, 6.45) is 4.20. The van der Waals surface area contributed by atoms with Gasteiger partial charge in [-0.25, -0.2) is 4.79 Å². The van der Waals surface area contributed by atoms with Gasteiger partial charge >= 0.3 is 5.97 Å². The second kappa shape index (κ2) is 7.20. The molecule has 3 nitrogen and oxygen atoms in total. The molecule has 0 aliphatic rings. The number of nitrogens with one attached hydrogen (secondary N) is 1. The van der Waals surface area contributed by atoms with Gasteiger partial charge in [0.1, 0.15) is 0 Å². The van der Waals surface area contributed by atoms with E-state index in [4.69, 9.17) is 0 Å². The highest BCUT2D eigenvalue weighted by Crippen LogP contribution is 2.31. The van der Waals surface area contributed by atoms with E-state index in [2.05, 4.69) is 41.3 Å². The predicted molar refractivity (Wildman–Crippen MR) is 86.4 cm³/mol. The minimum Gasteiger partial charge on any atom is -0.478 e. The first-order valence-electron chi connectivity index (χ1n) is 6.30. The number of carboxylic acid groups (broad SMARTS) is 1. The molecule has 0 spiro atoms. The monoisotopic (exact) mass is 345 g/mol. The third-order valence-electron chi connectivity index (χ3n) is 3.53. The summed E-state index contributed by atoms with van der Waals surface area (Å²) in [5.41, 5.74) is 0.979. The third kappa shape index (κ3) is 4.14. The number of hydrogen-bond donors (Lipinski definition) is 2. The van der Waals surface area contributed by atoms with E-state index < -0.39 is 5.97 Å². The van der Waals surface area contributed by atoms with Crippen molar-refractivity contribution in [2.75, 3.05) is 18.1 Å². The second-order valence-corrected chi connectivity index (χ2v) is 6.63. The van der Waals surface area contributed by atoms with Gasteiger partial charge in [0.15, 0.2) is 0 Å². The molecule has 1 rings (SSSR count). The molecule has 106 valence electrons. The van der Waals surface area contributed by atoms with Gasteiger partial charge in [-0.1, -0.05) is 29.8 Å². The van der Waals surface area contributed by atoms with Gasteiger partial charge in [-0.3, -0.25) is 0 Å². The van der Waals surface area contributed by atoms with E-state index in [1.807, 2.05) is 17.8 Å². The molecule has 1 aromatic carbocycles. The molecule has 1 aromatic rings. The van der Waals surface area contributed by atoms with Crippen LogP contribution in [0.25, 0.3) is 0 Å². The summed E-state index contributed by atoms with van der Waals surface area (Å²) < 4.78 is 1.03. The maximum atomic E-state index is 11.2. The Morgan fingerprint density at radius 2 is 2.05 bits per heavy atom. The molecule has 5 heteroatoms. The average molecular weight is 346 g/mol. The molecule has 0 radical (unpaired) electrons. The summed E-state index contributed by atoms with van der Waals surface area (Å²) in [5.74, 6) is -0.905. The molecule has 0 aromatic heterocycles. The van der Waals surface area contributed by atoms with Crippen LogP contribution in [0.2, 0.25) is 0 Å². The minimum atomic E-state index is -0.905. The van der Waals surface area contributed by atoms with Gasteiger partial charge in [-0.15, -0.1) is 0 Å². The molecule has 19 heavy (non-hydrogen) atoms. The second-order valence-electron chi connectivity index (χ2n) is 4.44.